The van der Waals surface area contributed by atoms with Crippen molar-refractivity contribution in [2.45, 2.75) is 0 Å². The predicted molar refractivity (Wildman–Crippen MR) is 94.1 cm³/mol. The minimum atomic E-state index is -0.0327. The highest BCUT2D eigenvalue weighted by Crippen LogP contribution is 2.33. The molecule has 1 aromatic rings. The van der Waals surface area contributed by atoms with Gasteiger partial charge in [-0.1, -0.05) is 0 Å². The molecule has 1 aromatic carbocycles. The zero-order chi connectivity index (χ0) is 17.4. The van der Waals surface area contributed by atoms with Gasteiger partial charge in [-0.25, -0.2) is 4.99 Å². The van der Waals surface area contributed by atoms with Gasteiger partial charge >= 0.3 is 0 Å². The van der Waals surface area contributed by atoms with Crippen molar-refractivity contribution in [2.24, 2.45) is 4.99 Å². The van der Waals surface area contributed by atoms with Crippen molar-refractivity contribution < 1.29 is 20.1 Å². The molecule has 0 bridgehead atoms. The standard InChI is InChI=1S/C17H23N3O4/c18-17-2-1-14(20(4-7-22)5-8-23)9-15(17)16-12-24-11-13(16)10-19-3-6-21/h1-2,9,12,21-23H,3-8,11,18H2. The van der Waals surface area contributed by atoms with Crippen LogP contribution in [0.5, 0.6) is 0 Å². The van der Waals surface area contributed by atoms with Gasteiger partial charge in [0.25, 0.3) is 0 Å². The van der Waals surface area contributed by atoms with Gasteiger partial charge in [-0.2, -0.15) is 0 Å². The normalized spacial score (nSPS) is 13.3. The van der Waals surface area contributed by atoms with Crippen LogP contribution in [0.3, 0.4) is 0 Å². The number of anilines is 2. The number of aliphatic imine (C=N–C) groups is 1. The molecule has 0 saturated carbocycles. The Labute approximate surface area is 141 Å². The smallest absolute Gasteiger partial charge is 0.122 e. The van der Waals surface area contributed by atoms with Gasteiger partial charge in [-0.3, -0.25) is 0 Å². The molecule has 0 atom stereocenters. The molecular weight excluding hydrogens is 310 g/mol. The van der Waals surface area contributed by atoms with Crippen molar-refractivity contribution in [3.8, 4) is 0 Å². The molecule has 0 aromatic heterocycles. The Hall–Kier alpha value is -2.31. The third kappa shape index (κ3) is 4.37. The molecule has 0 spiro atoms. The lowest BCUT2D eigenvalue weighted by Crippen LogP contribution is -2.29. The van der Waals surface area contributed by atoms with Crippen LogP contribution in [0.1, 0.15) is 5.56 Å². The van der Waals surface area contributed by atoms with Gasteiger partial charge in [0.1, 0.15) is 6.61 Å². The molecule has 0 fully saturated rings. The van der Waals surface area contributed by atoms with Crippen LogP contribution in [0.15, 0.2) is 35.0 Å². The summed E-state index contributed by atoms with van der Waals surface area (Å²) in [6.45, 7) is 1.42. The van der Waals surface area contributed by atoms with Gasteiger partial charge in [-0.15, -0.1) is 0 Å². The third-order valence-corrected chi connectivity index (χ3v) is 3.61. The first kappa shape index (κ1) is 18.0. The SMILES string of the molecule is Nc1ccc(N(CCO)CCO)cc1C1=COCC1=C=NCCO. The van der Waals surface area contributed by atoms with Crippen molar-refractivity contribution in [3.63, 3.8) is 0 Å². The molecule has 24 heavy (non-hydrogen) atoms. The largest absolute Gasteiger partial charge is 0.495 e. The van der Waals surface area contributed by atoms with E-state index in [9.17, 15) is 10.2 Å². The molecule has 7 nitrogen and oxygen atoms in total. The average molecular weight is 333 g/mol. The van der Waals surface area contributed by atoms with Crippen molar-refractivity contribution in [2.75, 3.05) is 56.7 Å². The van der Waals surface area contributed by atoms with Crippen LogP contribution in [0.2, 0.25) is 0 Å². The maximum Gasteiger partial charge on any atom is 0.122 e. The van der Waals surface area contributed by atoms with E-state index in [1.807, 2.05) is 17.0 Å². The predicted octanol–water partition coefficient (Wildman–Crippen LogP) is 0.0193. The summed E-state index contributed by atoms with van der Waals surface area (Å²) >= 11 is 0. The molecule has 2 rings (SSSR count). The van der Waals surface area contributed by atoms with E-state index in [0.717, 1.165) is 22.4 Å². The Morgan fingerprint density at radius 2 is 1.92 bits per heavy atom. The van der Waals surface area contributed by atoms with Gasteiger partial charge in [-0.05, 0) is 24.1 Å². The number of rotatable bonds is 8. The van der Waals surface area contributed by atoms with Crippen LogP contribution in [0, 0.1) is 0 Å². The van der Waals surface area contributed by atoms with E-state index in [1.54, 1.807) is 12.3 Å². The Kier molecular flexibility index (Phi) is 6.84. The number of aliphatic hydroxyl groups excluding tert-OH is 3. The van der Waals surface area contributed by atoms with Gasteiger partial charge in [0.15, 0.2) is 0 Å². The quantitative estimate of drug-likeness (QED) is 0.394. The van der Waals surface area contributed by atoms with Crippen molar-refractivity contribution >= 4 is 22.8 Å². The summed E-state index contributed by atoms with van der Waals surface area (Å²) in [4.78, 5) is 5.90. The summed E-state index contributed by atoms with van der Waals surface area (Å²) in [6.07, 6.45) is 1.62. The molecule has 0 aliphatic carbocycles. The minimum Gasteiger partial charge on any atom is -0.495 e. The van der Waals surface area contributed by atoms with Crippen molar-refractivity contribution in [1.29, 1.82) is 0 Å². The highest BCUT2D eigenvalue weighted by atomic mass is 16.5. The first-order valence-corrected chi connectivity index (χ1v) is 7.79. The number of benzene rings is 1. The second-order valence-electron chi connectivity index (χ2n) is 5.24. The molecule has 1 aliphatic rings. The fourth-order valence-corrected chi connectivity index (χ4v) is 2.46. The van der Waals surface area contributed by atoms with Crippen LogP contribution in [0.25, 0.3) is 5.57 Å². The maximum atomic E-state index is 9.20. The van der Waals surface area contributed by atoms with Crippen LogP contribution in [-0.2, 0) is 4.74 Å². The molecule has 0 amide bonds. The van der Waals surface area contributed by atoms with Crippen molar-refractivity contribution in [1.82, 2.24) is 0 Å². The summed E-state index contributed by atoms with van der Waals surface area (Å²) in [5.41, 5.74) is 9.89. The molecule has 0 saturated heterocycles. The second kappa shape index (κ2) is 9.10. The Balaban J connectivity index is 2.36. The molecule has 0 unspecified atom stereocenters. The Morgan fingerprint density at radius 1 is 1.17 bits per heavy atom. The summed E-state index contributed by atoms with van der Waals surface area (Å²) in [7, 11) is 0. The number of nitrogens with two attached hydrogens (primary N) is 1. The Bertz CT molecular complexity index is 645. The van der Waals surface area contributed by atoms with E-state index >= 15 is 0 Å². The fraction of sp³-hybridized carbons (Fsp3) is 0.412. The highest BCUT2D eigenvalue weighted by molar-refractivity contribution is 5.94. The molecule has 130 valence electrons. The summed E-state index contributed by atoms with van der Waals surface area (Å²) < 4.78 is 5.37. The van der Waals surface area contributed by atoms with E-state index in [4.69, 9.17) is 15.6 Å². The Morgan fingerprint density at radius 3 is 2.58 bits per heavy atom. The summed E-state index contributed by atoms with van der Waals surface area (Å²) in [5.74, 6) is 2.90. The summed E-state index contributed by atoms with van der Waals surface area (Å²) in [6, 6.07) is 5.53. The van der Waals surface area contributed by atoms with Crippen LogP contribution >= 0.6 is 0 Å². The lowest BCUT2D eigenvalue weighted by Gasteiger charge is -2.24. The lowest BCUT2D eigenvalue weighted by molar-refractivity contribution is 0.281. The third-order valence-electron chi connectivity index (χ3n) is 3.61. The van der Waals surface area contributed by atoms with Crippen LogP contribution in [0.4, 0.5) is 11.4 Å². The number of hydrogen-bond acceptors (Lipinski definition) is 7. The molecule has 1 heterocycles. The number of aliphatic hydroxyl groups is 3. The number of ether oxygens (including phenoxy) is 1. The van der Waals surface area contributed by atoms with Gasteiger partial charge in [0.2, 0.25) is 0 Å². The minimum absolute atomic E-state index is 0.00944. The molecule has 5 N–H and O–H groups in total. The zero-order valence-corrected chi connectivity index (χ0v) is 13.5. The molecule has 0 radical (unpaired) electrons. The zero-order valence-electron chi connectivity index (χ0n) is 13.5. The van der Waals surface area contributed by atoms with E-state index in [-0.39, 0.29) is 26.4 Å². The van der Waals surface area contributed by atoms with Gasteiger partial charge in [0.05, 0.1) is 38.2 Å². The molecule has 1 aliphatic heterocycles. The van der Waals surface area contributed by atoms with Crippen LogP contribution < -0.4 is 10.6 Å². The number of hydrogen-bond donors (Lipinski definition) is 4. The highest BCUT2D eigenvalue weighted by Gasteiger charge is 2.19. The van der Waals surface area contributed by atoms with E-state index in [0.29, 0.717) is 25.4 Å². The van der Waals surface area contributed by atoms with E-state index in [2.05, 4.69) is 10.9 Å². The molecular formula is C17H23N3O4. The molecule has 7 heteroatoms. The average Bonchev–Trinajstić information content (AvgIpc) is 3.04. The summed E-state index contributed by atoms with van der Waals surface area (Å²) in [5, 5.41) is 27.2. The van der Waals surface area contributed by atoms with Crippen molar-refractivity contribution in [3.05, 3.63) is 35.6 Å². The number of nitrogen functional groups attached to an aromatic ring is 1. The van der Waals surface area contributed by atoms with Gasteiger partial charge in [0, 0.05) is 35.6 Å². The van der Waals surface area contributed by atoms with E-state index in [1.165, 1.54) is 0 Å². The first-order chi connectivity index (χ1) is 11.7. The van der Waals surface area contributed by atoms with Gasteiger partial charge < -0.3 is 30.7 Å². The monoisotopic (exact) mass is 333 g/mol. The fourth-order valence-electron chi connectivity index (χ4n) is 2.46. The number of nitrogens with zero attached hydrogens (tertiary/aromatic N) is 2. The lowest BCUT2D eigenvalue weighted by atomic mass is 9.99. The van der Waals surface area contributed by atoms with E-state index < -0.39 is 0 Å². The maximum absolute atomic E-state index is 9.20. The first-order valence-electron chi connectivity index (χ1n) is 7.79. The topological polar surface area (TPSA) is 112 Å². The second-order valence-corrected chi connectivity index (χ2v) is 5.24. The van der Waals surface area contributed by atoms with Crippen LogP contribution in [-0.4, -0.2) is 67.3 Å².